The van der Waals surface area contributed by atoms with Gasteiger partial charge in [-0.2, -0.15) is 0 Å². The summed E-state index contributed by atoms with van der Waals surface area (Å²) in [5, 5.41) is 0. The molecular weight excluding hydrogens is 160 g/mol. The van der Waals surface area contributed by atoms with Gasteiger partial charge in [-0.25, -0.2) is 0 Å². The van der Waals surface area contributed by atoms with E-state index in [1.807, 2.05) is 6.08 Å². The molecular formula is C12H18O. The Morgan fingerprint density at radius 1 is 1.69 bits per heavy atom. The van der Waals surface area contributed by atoms with Crippen LogP contribution in [-0.2, 0) is 4.79 Å². The smallest absolute Gasteiger partial charge is 0.146 e. The standard InChI is InChI=1S/C12H18O/c1-5-12(4)7-6-10(8-13)11(12)9(2)3/h5-6,8-9,11H,1,7H2,2-4H3/t11-,12-/m0/s1. The molecule has 1 aliphatic rings. The molecule has 13 heavy (non-hydrogen) atoms. The second kappa shape index (κ2) is 3.49. The summed E-state index contributed by atoms with van der Waals surface area (Å²) in [7, 11) is 0. The van der Waals surface area contributed by atoms with Crippen molar-refractivity contribution in [3.05, 3.63) is 24.3 Å². The SMILES string of the molecule is C=C[C@@]1(C)CC=C(C=O)[C@@H]1C(C)C. The average molecular weight is 178 g/mol. The minimum Gasteiger partial charge on any atom is -0.298 e. The van der Waals surface area contributed by atoms with E-state index in [1.54, 1.807) is 0 Å². The molecule has 1 nitrogen and oxygen atoms in total. The van der Waals surface area contributed by atoms with Crippen LogP contribution in [0.15, 0.2) is 24.3 Å². The van der Waals surface area contributed by atoms with Crippen LogP contribution in [0.2, 0.25) is 0 Å². The predicted molar refractivity (Wildman–Crippen MR) is 55.4 cm³/mol. The lowest BCUT2D eigenvalue weighted by atomic mass is 9.71. The van der Waals surface area contributed by atoms with Crippen molar-refractivity contribution in [3.8, 4) is 0 Å². The van der Waals surface area contributed by atoms with Crippen LogP contribution >= 0.6 is 0 Å². The molecule has 0 amide bonds. The fourth-order valence-corrected chi connectivity index (χ4v) is 2.45. The van der Waals surface area contributed by atoms with Crippen LogP contribution in [0.5, 0.6) is 0 Å². The molecule has 0 aromatic carbocycles. The lowest BCUT2D eigenvalue weighted by molar-refractivity contribution is -0.105. The van der Waals surface area contributed by atoms with Crippen LogP contribution < -0.4 is 0 Å². The Kier molecular flexibility index (Phi) is 2.74. The van der Waals surface area contributed by atoms with Crippen LogP contribution in [0.3, 0.4) is 0 Å². The van der Waals surface area contributed by atoms with Crippen molar-refractivity contribution in [2.24, 2.45) is 17.3 Å². The van der Waals surface area contributed by atoms with E-state index in [4.69, 9.17) is 0 Å². The summed E-state index contributed by atoms with van der Waals surface area (Å²) in [6.45, 7) is 10.4. The van der Waals surface area contributed by atoms with Crippen LogP contribution in [0, 0.1) is 17.3 Å². The first kappa shape index (κ1) is 10.2. The number of hydrogen-bond donors (Lipinski definition) is 0. The van der Waals surface area contributed by atoms with Gasteiger partial charge in [-0.15, -0.1) is 6.58 Å². The Hall–Kier alpha value is -0.850. The minimum absolute atomic E-state index is 0.0877. The van der Waals surface area contributed by atoms with Gasteiger partial charge < -0.3 is 0 Å². The molecule has 1 heteroatoms. The van der Waals surface area contributed by atoms with Crippen molar-refractivity contribution < 1.29 is 4.79 Å². The fraction of sp³-hybridized carbons (Fsp3) is 0.583. The van der Waals surface area contributed by atoms with E-state index < -0.39 is 0 Å². The molecule has 0 saturated heterocycles. The Morgan fingerprint density at radius 3 is 2.69 bits per heavy atom. The predicted octanol–water partition coefficient (Wildman–Crippen LogP) is 2.98. The number of rotatable bonds is 3. The Labute approximate surface area is 80.5 Å². The highest BCUT2D eigenvalue weighted by atomic mass is 16.1. The van der Waals surface area contributed by atoms with Crippen molar-refractivity contribution in [2.45, 2.75) is 27.2 Å². The maximum absolute atomic E-state index is 10.8. The summed E-state index contributed by atoms with van der Waals surface area (Å²) < 4.78 is 0. The van der Waals surface area contributed by atoms with E-state index in [0.717, 1.165) is 18.3 Å². The van der Waals surface area contributed by atoms with E-state index in [9.17, 15) is 4.79 Å². The van der Waals surface area contributed by atoms with Crippen molar-refractivity contribution in [1.29, 1.82) is 0 Å². The Morgan fingerprint density at radius 2 is 2.31 bits per heavy atom. The molecule has 0 unspecified atom stereocenters. The Balaban J connectivity index is 2.98. The zero-order chi connectivity index (χ0) is 10.1. The lowest BCUT2D eigenvalue weighted by Gasteiger charge is -2.32. The van der Waals surface area contributed by atoms with Gasteiger partial charge in [-0.1, -0.05) is 32.9 Å². The second-order valence-electron chi connectivity index (χ2n) is 4.46. The van der Waals surface area contributed by atoms with Gasteiger partial charge in [0.1, 0.15) is 6.29 Å². The van der Waals surface area contributed by atoms with E-state index in [1.165, 1.54) is 0 Å². The minimum atomic E-state index is 0.0877. The summed E-state index contributed by atoms with van der Waals surface area (Å²) in [4.78, 5) is 10.8. The monoisotopic (exact) mass is 178 g/mol. The molecule has 0 aromatic heterocycles. The third-order valence-electron chi connectivity index (χ3n) is 3.12. The highest BCUT2D eigenvalue weighted by Gasteiger charge is 2.39. The molecule has 1 rings (SSSR count). The first-order chi connectivity index (χ1) is 6.05. The number of aldehydes is 1. The normalized spacial score (nSPS) is 33.2. The molecule has 0 heterocycles. The fourth-order valence-electron chi connectivity index (χ4n) is 2.45. The third kappa shape index (κ3) is 1.60. The molecule has 1 aliphatic carbocycles. The molecule has 0 saturated carbocycles. The van der Waals surface area contributed by atoms with Crippen LogP contribution in [-0.4, -0.2) is 6.29 Å². The second-order valence-corrected chi connectivity index (χ2v) is 4.46. The van der Waals surface area contributed by atoms with E-state index in [2.05, 4.69) is 33.4 Å². The van der Waals surface area contributed by atoms with Crippen LogP contribution in [0.25, 0.3) is 0 Å². The van der Waals surface area contributed by atoms with E-state index >= 15 is 0 Å². The van der Waals surface area contributed by atoms with E-state index in [-0.39, 0.29) is 5.41 Å². The van der Waals surface area contributed by atoms with Crippen LogP contribution in [0.1, 0.15) is 27.2 Å². The van der Waals surface area contributed by atoms with Gasteiger partial charge in [0.25, 0.3) is 0 Å². The Bertz CT molecular complexity index is 250. The van der Waals surface area contributed by atoms with E-state index in [0.29, 0.717) is 11.8 Å². The van der Waals surface area contributed by atoms with Gasteiger partial charge in [0, 0.05) is 0 Å². The molecule has 72 valence electrons. The number of carbonyl (C=O) groups excluding carboxylic acids is 1. The lowest BCUT2D eigenvalue weighted by Crippen LogP contribution is -2.26. The highest BCUT2D eigenvalue weighted by molar-refractivity contribution is 5.75. The summed E-state index contributed by atoms with van der Waals surface area (Å²) in [5.74, 6) is 0.851. The molecule has 0 bridgehead atoms. The van der Waals surface area contributed by atoms with Crippen molar-refractivity contribution in [3.63, 3.8) is 0 Å². The molecule has 0 radical (unpaired) electrons. The zero-order valence-corrected chi connectivity index (χ0v) is 8.71. The zero-order valence-electron chi connectivity index (χ0n) is 8.71. The van der Waals surface area contributed by atoms with Crippen molar-refractivity contribution >= 4 is 6.29 Å². The molecule has 0 N–H and O–H groups in total. The molecule has 2 atom stereocenters. The van der Waals surface area contributed by atoms with Gasteiger partial charge >= 0.3 is 0 Å². The molecule has 0 aliphatic heterocycles. The topological polar surface area (TPSA) is 17.1 Å². The molecule has 0 spiro atoms. The quantitative estimate of drug-likeness (QED) is 0.479. The maximum atomic E-state index is 10.8. The maximum Gasteiger partial charge on any atom is 0.146 e. The van der Waals surface area contributed by atoms with Gasteiger partial charge in [0.05, 0.1) is 0 Å². The van der Waals surface area contributed by atoms with Crippen molar-refractivity contribution in [2.75, 3.05) is 0 Å². The average Bonchev–Trinajstić information content (AvgIpc) is 2.43. The van der Waals surface area contributed by atoms with Gasteiger partial charge in [-0.05, 0) is 29.2 Å². The van der Waals surface area contributed by atoms with Gasteiger partial charge in [0.15, 0.2) is 0 Å². The first-order valence-electron chi connectivity index (χ1n) is 4.84. The first-order valence-corrected chi connectivity index (χ1v) is 4.84. The molecule has 0 aromatic rings. The number of hydrogen-bond acceptors (Lipinski definition) is 1. The third-order valence-corrected chi connectivity index (χ3v) is 3.12. The summed E-state index contributed by atoms with van der Waals surface area (Å²) >= 11 is 0. The largest absolute Gasteiger partial charge is 0.298 e. The highest BCUT2D eigenvalue weighted by Crippen LogP contribution is 2.46. The summed E-state index contributed by atoms with van der Waals surface area (Å²) in [6.07, 6.45) is 6.00. The van der Waals surface area contributed by atoms with Crippen molar-refractivity contribution in [1.82, 2.24) is 0 Å². The van der Waals surface area contributed by atoms with Crippen LogP contribution in [0.4, 0.5) is 0 Å². The number of carbonyl (C=O) groups is 1. The van der Waals surface area contributed by atoms with Gasteiger partial charge in [0.2, 0.25) is 0 Å². The summed E-state index contributed by atoms with van der Waals surface area (Å²) in [5.41, 5.74) is 1.04. The number of allylic oxidation sites excluding steroid dienone is 3. The summed E-state index contributed by atoms with van der Waals surface area (Å²) in [6, 6.07) is 0. The molecule has 0 fully saturated rings. The van der Waals surface area contributed by atoms with Gasteiger partial charge in [-0.3, -0.25) is 4.79 Å².